The Kier molecular flexibility index (Phi) is 5.47. The summed E-state index contributed by atoms with van der Waals surface area (Å²) < 4.78 is 27.3. The number of benzene rings is 1. The van der Waals surface area contributed by atoms with Crippen LogP contribution in [-0.4, -0.2) is 31.7 Å². The lowest BCUT2D eigenvalue weighted by molar-refractivity contribution is -0.120. The first-order chi connectivity index (χ1) is 12.4. The number of terminal acetylenes is 1. The first kappa shape index (κ1) is 18.6. The van der Waals surface area contributed by atoms with Crippen LogP contribution in [0.1, 0.15) is 23.3 Å². The van der Waals surface area contributed by atoms with Crippen LogP contribution in [0.2, 0.25) is 0 Å². The lowest BCUT2D eigenvalue weighted by Gasteiger charge is -2.30. The molecule has 1 aromatic heterocycles. The summed E-state index contributed by atoms with van der Waals surface area (Å²) in [5.41, 5.74) is 1.31. The van der Waals surface area contributed by atoms with Crippen molar-refractivity contribution in [2.24, 2.45) is 5.92 Å². The molecular formula is C19H20N2O3S2. The fourth-order valence-corrected chi connectivity index (χ4v) is 5.95. The van der Waals surface area contributed by atoms with Crippen molar-refractivity contribution in [3.8, 4) is 12.3 Å². The third-order valence-corrected chi connectivity index (χ3v) is 7.69. The van der Waals surface area contributed by atoms with Gasteiger partial charge in [-0.25, -0.2) is 8.42 Å². The van der Waals surface area contributed by atoms with Crippen molar-refractivity contribution in [3.63, 3.8) is 0 Å². The van der Waals surface area contributed by atoms with Gasteiger partial charge in [-0.3, -0.25) is 4.79 Å². The Morgan fingerprint density at radius 2 is 2.15 bits per heavy atom. The molecule has 0 bridgehead atoms. The summed E-state index contributed by atoms with van der Waals surface area (Å²) >= 11 is 1.26. The summed E-state index contributed by atoms with van der Waals surface area (Å²) in [6, 6.07) is 10.5. The van der Waals surface area contributed by atoms with Gasteiger partial charge in [0.25, 0.3) is 10.0 Å². The summed E-state index contributed by atoms with van der Waals surface area (Å²) in [7, 11) is -3.55. The predicted octanol–water partition coefficient (Wildman–Crippen LogP) is 3.08. The van der Waals surface area contributed by atoms with Crippen molar-refractivity contribution in [1.82, 2.24) is 4.31 Å². The molecule has 1 atom stereocenters. The zero-order valence-corrected chi connectivity index (χ0v) is 16.1. The number of sulfonamides is 1. The number of nitrogens with one attached hydrogen (secondary N) is 1. The van der Waals surface area contributed by atoms with E-state index in [0.717, 1.165) is 4.88 Å². The quantitative estimate of drug-likeness (QED) is 0.819. The summed E-state index contributed by atoms with van der Waals surface area (Å²) in [4.78, 5) is 13.5. The molecule has 1 aliphatic rings. The van der Waals surface area contributed by atoms with E-state index in [1.54, 1.807) is 36.4 Å². The fraction of sp³-hybridized carbons (Fsp3) is 0.316. The minimum Gasteiger partial charge on any atom is -0.326 e. The molecule has 1 N–H and O–H groups in total. The molecule has 0 aliphatic carbocycles. The Labute approximate surface area is 158 Å². The van der Waals surface area contributed by atoms with E-state index in [9.17, 15) is 13.2 Å². The lowest BCUT2D eigenvalue weighted by Crippen LogP contribution is -2.43. The first-order valence-corrected chi connectivity index (χ1v) is 10.6. The van der Waals surface area contributed by atoms with Crippen molar-refractivity contribution in [2.45, 2.75) is 24.0 Å². The molecule has 0 spiro atoms. The predicted molar refractivity (Wildman–Crippen MR) is 104 cm³/mol. The zero-order valence-electron chi connectivity index (χ0n) is 14.4. The molecule has 1 aromatic carbocycles. The van der Waals surface area contributed by atoms with Gasteiger partial charge in [0.15, 0.2) is 0 Å². The van der Waals surface area contributed by atoms with Crippen LogP contribution >= 0.6 is 11.3 Å². The summed E-state index contributed by atoms with van der Waals surface area (Å²) in [5.74, 6) is 1.97. The molecule has 1 saturated heterocycles. The van der Waals surface area contributed by atoms with Crippen LogP contribution < -0.4 is 5.32 Å². The van der Waals surface area contributed by atoms with Gasteiger partial charge in [-0.2, -0.15) is 4.31 Å². The van der Waals surface area contributed by atoms with Gasteiger partial charge in [-0.15, -0.1) is 17.8 Å². The van der Waals surface area contributed by atoms with Crippen LogP contribution in [0, 0.1) is 25.2 Å². The molecule has 2 heterocycles. The molecule has 0 radical (unpaired) electrons. The number of amides is 1. The highest BCUT2D eigenvalue weighted by Gasteiger charge is 2.34. The van der Waals surface area contributed by atoms with Gasteiger partial charge in [0.2, 0.25) is 5.91 Å². The normalized spacial score (nSPS) is 18.2. The molecule has 2 aromatic rings. The Balaban J connectivity index is 1.71. The number of thiophene rings is 1. The summed E-state index contributed by atoms with van der Waals surface area (Å²) in [5, 5.41) is 2.85. The van der Waals surface area contributed by atoms with E-state index < -0.39 is 10.0 Å². The number of hydrogen-bond donors (Lipinski definition) is 1. The SMILES string of the molecule is C#Cc1cccc(NC(=O)[C@@H]2CCCN(S(=O)(=O)c3ccc(C)s3)C2)c1. The molecule has 136 valence electrons. The van der Waals surface area contributed by atoms with Crippen molar-refractivity contribution in [3.05, 3.63) is 46.8 Å². The topological polar surface area (TPSA) is 66.5 Å². The van der Waals surface area contributed by atoms with Crippen LogP contribution in [0.5, 0.6) is 0 Å². The standard InChI is InChI=1S/C19H20N2O3S2/c1-3-15-6-4-8-17(12-15)20-19(22)16-7-5-11-21(13-16)26(23,24)18-10-9-14(2)25-18/h1,4,6,8-10,12,16H,5,7,11,13H2,2H3,(H,20,22)/t16-/m1/s1. The average molecular weight is 389 g/mol. The Hall–Kier alpha value is -2.14. The maximum Gasteiger partial charge on any atom is 0.252 e. The monoisotopic (exact) mass is 388 g/mol. The maximum atomic E-state index is 12.8. The second kappa shape index (κ2) is 7.62. The Bertz CT molecular complexity index is 957. The number of rotatable bonds is 4. The third kappa shape index (κ3) is 3.98. The minimum atomic E-state index is -3.55. The minimum absolute atomic E-state index is 0.179. The van der Waals surface area contributed by atoms with Crippen molar-refractivity contribution in [2.75, 3.05) is 18.4 Å². The summed E-state index contributed by atoms with van der Waals surface area (Å²) in [6.07, 6.45) is 6.70. The Morgan fingerprint density at radius 1 is 1.35 bits per heavy atom. The van der Waals surface area contributed by atoms with Gasteiger partial charge >= 0.3 is 0 Å². The van der Waals surface area contributed by atoms with Crippen molar-refractivity contribution < 1.29 is 13.2 Å². The largest absolute Gasteiger partial charge is 0.326 e. The second-order valence-electron chi connectivity index (χ2n) is 6.28. The second-order valence-corrected chi connectivity index (χ2v) is 9.73. The molecule has 3 rings (SSSR count). The molecule has 5 nitrogen and oxygen atoms in total. The van der Waals surface area contributed by atoms with Crippen LogP contribution in [0.15, 0.2) is 40.6 Å². The van der Waals surface area contributed by atoms with Crippen LogP contribution in [0.3, 0.4) is 0 Å². The molecular weight excluding hydrogens is 368 g/mol. The van der Waals surface area contributed by atoms with Gasteiger partial charge in [0, 0.05) is 29.2 Å². The number of hydrogen-bond acceptors (Lipinski definition) is 4. The van der Waals surface area contributed by atoms with E-state index in [1.165, 1.54) is 15.6 Å². The van der Waals surface area contributed by atoms with Crippen LogP contribution in [-0.2, 0) is 14.8 Å². The third-order valence-electron chi connectivity index (χ3n) is 4.36. The van der Waals surface area contributed by atoms with Crippen molar-refractivity contribution >= 4 is 33.0 Å². The van der Waals surface area contributed by atoms with E-state index in [4.69, 9.17) is 6.42 Å². The highest BCUT2D eigenvalue weighted by Crippen LogP contribution is 2.28. The van der Waals surface area contributed by atoms with E-state index in [-0.39, 0.29) is 18.4 Å². The number of nitrogens with zero attached hydrogens (tertiary/aromatic N) is 1. The maximum absolute atomic E-state index is 12.8. The first-order valence-electron chi connectivity index (χ1n) is 8.34. The number of carbonyl (C=O) groups is 1. The summed E-state index contributed by atoms with van der Waals surface area (Å²) in [6.45, 7) is 2.51. The molecule has 7 heteroatoms. The number of aryl methyl sites for hydroxylation is 1. The van der Waals surface area contributed by atoms with E-state index in [2.05, 4.69) is 11.2 Å². The van der Waals surface area contributed by atoms with Gasteiger partial charge < -0.3 is 5.32 Å². The van der Waals surface area contributed by atoms with E-state index >= 15 is 0 Å². The van der Waals surface area contributed by atoms with Crippen molar-refractivity contribution in [1.29, 1.82) is 0 Å². The molecule has 0 unspecified atom stereocenters. The van der Waals surface area contributed by atoms with E-state index in [1.807, 2.05) is 6.92 Å². The lowest BCUT2D eigenvalue weighted by atomic mass is 9.98. The van der Waals surface area contributed by atoms with Crippen LogP contribution in [0.4, 0.5) is 5.69 Å². The highest BCUT2D eigenvalue weighted by atomic mass is 32.2. The molecule has 1 fully saturated rings. The van der Waals surface area contributed by atoms with E-state index in [0.29, 0.717) is 34.8 Å². The molecule has 0 saturated carbocycles. The van der Waals surface area contributed by atoms with Crippen LogP contribution in [0.25, 0.3) is 0 Å². The van der Waals surface area contributed by atoms with Gasteiger partial charge in [-0.1, -0.05) is 12.0 Å². The molecule has 26 heavy (non-hydrogen) atoms. The number of carbonyl (C=O) groups excluding carboxylic acids is 1. The average Bonchev–Trinajstić information content (AvgIpc) is 3.09. The highest BCUT2D eigenvalue weighted by molar-refractivity contribution is 7.91. The zero-order chi connectivity index (χ0) is 18.7. The molecule has 1 aliphatic heterocycles. The van der Waals surface area contributed by atoms with Gasteiger partial charge in [-0.05, 0) is 50.1 Å². The van der Waals surface area contributed by atoms with Gasteiger partial charge in [0.05, 0.1) is 5.92 Å². The Morgan fingerprint density at radius 3 is 2.85 bits per heavy atom. The molecule has 1 amide bonds. The number of anilines is 1. The van der Waals surface area contributed by atoms with Gasteiger partial charge in [0.1, 0.15) is 4.21 Å². The number of piperidine rings is 1. The fourth-order valence-electron chi connectivity index (χ4n) is 2.98. The smallest absolute Gasteiger partial charge is 0.252 e.